The standard InChI is InChI=1S/C17H24N4S/c1-11(2)21-13-4-5-14(21)8-20(7-6-13)17-16-15(18-10-19-17)12(3)9-22-16/h9-11,13-14H,4-8H2,1-3H3. The van der Waals surface area contributed by atoms with Gasteiger partial charge in [0.25, 0.3) is 0 Å². The Morgan fingerprint density at radius 1 is 1.18 bits per heavy atom. The minimum absolute atomic E-state index is 0.645. The third kappa shape index (κ3) is 2.22. The highest BCUT2D eigenvalue weighted by molar-refractivity contribution is 7.18. The second-order valence-corrected chi connectivity index (χ2v) is 7.83. The van der Waals surface area contributed by atoms with Crippen molar-refractivity contribution in [3.8, 4) is 0 Å². The molecule has 2 aliphatic heterocycles. The van der Waals surface area contributed by atoms with Crippen molar-refractivity contribution < 1.29 is 0 Å². The fourth-order valence-electron chi connectivity index (χ4n) is 4.33. The van der Waals surface area contributed by atoms with Crippen LogP contribution < -0.4 is 4.90 Å². The Morgan fingerprint density at radius 3 is 2.82 bits per heavy atom. The highest BCUT2D eigenvalue weighted by Crippen LogP contribution is 2.36. The minimum atomic E-state index is 0.645. The summed E-state index contributed by atoms with van der Waals surface area (Å²) in [5.41, 5.74) is 2.40. The summed E-state index contributed by atoms with van der Waals surface area (Å²) in [7, 11) is 0. The molecule has 118 valence electrons. The van der Waals surface area contributed by atoms with Crippen LogP contribution in [0.3, 0.4) is 0 Å². The molecular formula is C17H24N4S. The monoisotopic (exact) mass is 316 g/mol. The molecule has 0 aromatic carbocycles. The summed E-state index contributed by atoms with van der Waals surface area (Å²) in [6.45, 7) is 9.05. The lowest BCUT2D eigenvalue weighted by molar-refractivity contribution is 0.158. The van der Waals surface area contributed by atoms with Crippen LogP contribution >= 0.6 is 11.3 Å². The van der Waals surface area contributed by atoms with Gasteiger partial charge in [0.05, 0.1) is 10.2 Å². The number of fused-ring (bicyclic) bond motifs is 3. The Kier molecular flexibility index (Phi) is 3.57. The molecule has 4 nitrogen and oxygen atoms in total. The number of aromatic nitrogens is 2. The first kappa shape index (κ1) is 14.4. The molecule has 2 fully saturated rings. The Bertz CT molecular complexity index is 680. The first-order valence-corrected chi connectivity index (χ1v) is 9.24. The van der Waals surface area contributed by atoms with E-state index in [0.29, 0.717) is 12.1 Å². The van der Waals surface area contributed by atoms with Crippen molar-refractivity contribution in [2.75, 3.05) is 18.0 Å². The van der Waals surface area contributed by atoms with E-state index in [2.05, 4.69) is 45.9 Å². The van der Waals surface area contributed by atoms with Gasteiger partial charge in [-0.2, -0.15) is 0 Å². The van der Waals surface area contributed by atoms with Crippen LogP contribution in [-0.4, -0.2) is 46.1 Å². The second-order valence-electron chi connectivity index (χ2n) is 6.95. The summed E-state index contributed by atoms with van der Waals surface area (Å²) >= 11 is 1.79. The summed E-state index contributed by atoms with van der Waals surface area (Å²) in [5.74, 6) is 1.15. The van der Waals surface area contributed by atoms with Gasteiger partial charge in [0, 0.05) is 31.2 Å². The molecule has 4 rings (SSSR count). The van der Waals surface area contributed by atoms with E-state index in [1.165, 1.54) is 29.5 Å². The van der Waals surface area contributed by atoms with Gasteiger partial charge < -0.3 is 4.90 Å². The van der Waals surface area contributed by atoms with Gasteiger partial charge in [-0.1, -0.05) is 0 Å². The second kappa shape index (κ2) is 5.46. The Morgan fingerprint density at radius 2 is 2.00 bits per heavy atom. The average Bonchev–Trinajstić information content (AvgIpc) is 2.99. The summed E-state index contributed by atoms with van der Waals surface area (Å²) in [6.07, 6.45) is 5.69. The Labute approximate surface area is 136 Å². The zero-order valence-corrected chi connectivity index (χ0v) is 14.4. The van der Waals surface area contributed by atoms with Crippen molar-refractivity contribution in [2.45, 2.75) is 58.2 Å². The normalized spacial score (nSPS) is 26.1. The zero-order chi connectivity index (χ0) is 15.3. The molecule has 2 bridgehead atoms. The van der Waals surface area contributed by atoms with Gasteiger partial charge in [0.15, 0.2) is 0 Å². The summed E-state index contributed by atoms with van der Waals surface area (Å²) in [5, 5.41) is 2.20. The topological polar surface area (TPSA) is 32.3 Å². The van der Waals surface area contributed by atoms with Gasteiger partial charge in [-0.05, 0) is 51.0 Å². The number of nitrogens with zero attached hydrogens (tertiary/aromatic N) is 4. The third-order valence-corrected chi connectivity index (χ3v) is 6.33. The number of aryl methyl sites for hydroxylation is 1. The van der Waals surface area contributed by atoms with E-state index >= 15 is 0 Å². The number of anilines is 1. The van der Waals surface area contributed by atoms with Crippen molar-refractivity contribution >= 4 is 27.4 Å². The van der Waals surface area contributed by atoms with E-state index in [-0.39, 0.29) is 0 Å². The predicted molar refractivity (Wildman–Crippen MR) is 92.8 cm³/mol. The van der Waals surface area contributed by atoms with E-state index in [4.69, 9.17) is 0 Å². The molecule has 2 saturated heterocycles. The van der Waals surface area contributed by atoms with Gasteiger partial charge in [0.2, 0.25) is 0 Å². The maximum absolute atomic E-state index is 4.65. The number of thiophene rings is 1. The molecule has 2 aromatic rings. The maximum Gasteiger partial charge on any atom is 0.150 e. The molecule has 4 heterocycles. The van der Waals surface area contributed by atoms with Gasteiger partial charge in [-0.3, -0.25) is 4.90 Å². The third-order valence-electron chi connectivity index (χ3n) is 5.25. The highest BCUT2D eigenvalue weighted by Gasteiger charge is 2.39. The van der Waals surface area contributed by atoms with Crippen LogP contribution in [0.4, 0.5) is 5.82 Å². The van der Waals surface area contributed by atoms with Crippen molar-refractivity contribution in [1.29, 1.82) is 0 Å². The first-order valence-electron chi connectivity index (χ1n) is 8.36. The summed E-state index contributed by atoms with van der Waals surface area (Å²) in [6, 6.07) is 2.09. The quantitative estimate of drug-likeness (QED) is 0.849. The van der Waals surface area contributed by atoms with E-state index in [1.807, 2.05) is 0 Å². The molecule has 2 unspecified atom stereocenters. The zero-order valence-electron chi connectivity index (χ0n) is 13.6. The molecule has 0 amide bonds. The summed E-state index contributed by atoms with van der Waals surface area (Å²) < 4.78 is 1.26. The number of rotatable bonds is 2. The van der Waals surface area contributed by atoms with Crippen molar-refractivity contribution in [1.82, 2.24) is 14.9 Å². The van der Waals surface area contributed by atoms with Gasteiger partial charge in [-0.15, -0.1) is 11.3 Å². The first-order chi connectivity index (χ1) is 10.6. The molecule has 22 heavy (non-hydrogen) atoms. The van der Waals surface area contributed by atoms with Gasteiger partial charge in [0.1, 0.15) is 12.1 Å². The minimum Gasteiger partial charge on any atom is -0.354 e. The maximum atomic E-state index is 4.65. The lowest BCUT2D eigenvalue weighted by atomic mass is 10.1. The number of hydrogen-bond donors (Lipinski definition) is 0. The largest absolute Gasteiger partial charge is 0.354 e. The fraction of sp³-hybridized carbons (Fsp3) is 0.647. The van der Waals surface area contributed by atoms with Crippen LogP contribution in [0.25, 0.3) is 10.2 Å². The van der Waals surface area contributed by atoms with Crippen molar-refractivity contribution in [3.05, 3.63) is 17.3 Å². The van der Waals surface area contributed by atoms with Crippen molar-refractivity contribution in [2.24, 2.45) is 0 Å². The molecule has 0 saturated carbocycles. The van der Waals surface area contributed by atoms with E-state index in [9.17, 15) is 0 Å². The van der Waals surface area contributed by atoms with Gasteiger partial charge >= 0.3 is 0 Å². The molecule has 2 atom stereocenters. The number of hydrogen-bond acceptors (Lipinski definition) is 5. The van der Waals surface area contributed by atoms with Crippen LogP contribution in [0.2, 0.25) is 0 Å². The van der Waals surface area contributed by atoms with Crippen LogP contribution in [0, 0.1) is 6.92 Å². The Hall–Kier alpha value is -1.20. The molecule has 0 radical (unpaired) electrons. The van der Waals surface area contributed by atoms with Crippen LogP contribution in [0.5, 0.6) is 0 Å². The van der Waals surface area contributed by atoms with Crippen LogP contribution in [-0.2, 0) is 0 Å². The van der Waals surface area contributed by atoms with Gasteiger partial charge in [-0.25, -0.2) is 9.97 Å². The summed E-state index contributed by atoms with van der Waals surface area (Å²) in [4.78, 5) is 14.4. The van der Waals surface area contributed by atoms with E-state index in [1.54, 1.807) is 17.7 Å². The Balaban J connectivity index is 1.68. The van der Waals surface area contributed by atoms with Crippen LogP contribution in [0.1, 0.15) is 38.7 Å². The highest BCUT2D eigenvalue weighted by atomic mass is 32.1. The van der Waals surface area contributed by atoms with E-state index in [0.717, 1.165) is 30.5 Å². The lowest BCUT2D eigenvalue weighted by Crippen LogP contribution is -2.43. The smallest absolute Gasteiger partial charge is 0.150 e. The lowest BCUT2D eigenvalue weighted by Gasteiger charge is -2.32. The SMILES string of the molecule is Cc1csc2c(N3CCC4CCC(C3)N4C(C)C)ncnc12. The molecule has 2 aromatic heterocycles. The molecule has 0 N–H and O–H groups in total. The average molecular weight is 316 g/mol. The molecule has 2 aliphatic rings. The molecular weight excluding hydrogens is 292 g/mol. The molecule has 0 spiro atoms. The predicted octanol–water partition coefficient (Wildman–Crippen LogP) is 3.45. The van der Waals surface area contributed by atoms with Crippen LogP contribution in [0.15, 0.2) is 11.7 Å². The van der Waals surface area contributed by atoms with E-state index < -0.39 is 0 Å². The van der Waals surface area contributed by atoms with Crippen molar-refractivity contribution in [3.63, 3.8) is 0 Å². The molecule has 5 heteroatoms. The molecule has 0 aliphatic carbocycles. The fourth-order valence-corrected chi connectivity index (χ4v) is 5.35.